The van der Waals surface area contributed by atoms with Crippen molar-refractivity contribution in [1.29, 1.82) is 0 Å². The van der Waals surface area contributed by atoms with E-state index >= 15 is 0 Å². The number of halogens is 1. The lowest BCUT2D eigenvalue weighted by Crippen LogP contribution is -2.37. The molecule has 0 spiro atoms. The van der Waals surface area contributed by atoms with E-state index in [1.807, 2.05) is 38.1 Å². The maximum Gasteiger partial charge on any atom is 0.410 e. The predicted octanol–water partition coefficient (Wildman–Crippen LogP) is 3.63. The van der Waals surface area contributed by atoms with Gasteiger partial charge in [-0.1, -0.05) is 11.6 Å². The van der Waals surface area contributed by atoms with E-state index in [4.69, 9.17) is 16.3 Å². The molecule has 1 amide bonds. The van der Waals surface area contributed by atoms with E-state index in [0.717, 1.165) is 29.2 Å². The Morgan fingerprint density at radius 2 is 2.09 bits per heavy atom. The van der Waals surface area contributed by atoms with Gasteiger partial charge in [0, 0.05) is 23.6 Å². The van der Waals surface area contributed by atoms with E-state index in [2.05, 4.69) is 9.97 Å². The second kappa shape index (κ2) is 6.01. The Morgan fingerprint density at radius 1 is 1.36 bits per heavy atom. The molecule has 6 heteroatoms. The predicted molar refractivity (Wildman–Crippen MR) is 84.8 cm³/mol. The summed E-state index contributed by atoms with van der Waals surface area (Å²) in [4.78, 5) is 21.6. The standard InChI is InChI=1S/C16H18ClN3O2/c1-10(2)22-16(21)20-8-7-13-14(9-20)19-15(18-13)11-3-5-12(17)6-4-11/h3-6,10H,7-9H2,1-2H3,(H,18,19). The van der Waals surface area contributed by atoms with Crippen LogP contribution in [0.2, 0.25) is 5.02 Å². The Labute approximate surface area is 134 Å². The number of aromatic nitrogens is 2. The monoisotopic (exact) mass is 319 g/mol. The molecule has 1 aliphatic heterocycles. The van der Waals surface area contributed by atoms with Crippen molar-refractivity contribution < 1.29 is 9.53 Å². The Bertz CT molecular complexity index is 679. The fraction of sp³-hybridized carbons (Fsp3) is 0.375. The normalized spacial score (nSPS) is 14.1. The number of amides is 1. The third kappa shape index (κ3) is 3.09. The van der Waals surface area contributed by atoms with Gasteiger partial charge in [0.05, 0.1) is 24.0 Å². The molecule has 0 radical (unpaired) electrons. The number of imidazole rings is 1. The number of nitrogens with one attached hydrogen (secondary N) is 1. The highest BCUT2D eigenvalue weighted by molar-refractivity contribution is 6.30. The number of hydrogen-bond donors (Lipinski definition) is 1. The molecule has 0 saturated carbocycles. The fourth-order valence-electron chi connectivity index (χ4n) is 2.47. The summed E-state index contributed by atoms with van der Waals surface area (Å²) in [6.07, 6.45) is 0.343. The lowest BCUT2D eigenvalue weighted by Gasteiger charge is -2.26. The summed E-state index contributed by atoms with van der Waals surface area (Å²) in [5, 5.41) is 0.697. The van der Waals surface area contributed by atoms with Crippen LogP contribution in [0, 0.1) is 0 Å². The molecule has 0 aliphatic carbocycles. The van der Waals surface area contributed by atoms with E-state index in [9.17, 15) is 4.79 Å². The van der Waals surface area contributed by atoms with Crippen LogP contribution in [0.3, 0.4) is 0 Å². The number of ether oxygens (including phenoxy) is 1. The molecule has 5 nitrogen and oxygen atoms in total. The van der Waals surface area contributed by atoms with Gasteiger partial charge in [0.2, 0.25) is 0 Å². The molecular weight excluding hydrogens is 302 g/mol. The van der Waals surface area contributed by atoms with Crippen LogP contribution in [-0.4, -0.2) is 33.6 Å². The summed E-state index contributed by atoms with van der Waals surface area (Å²) in [6, 6.07) is 7.53. The Hall–Kier alpha value is -2.01. The van der Waals surface area contributed by atoms with Gasteiger partial charge in [0.15, 0.2) is 0 Å². The number of rotatable bonds is 2. The second-order valence-corrected chi connectivity index (χ2v) is 6.06. The van der Waals surface area contributed by atoms with Crippen LogP contribution in [0.25, 0.3) is 11.4 Å². The number of benzene rings is 1. The fourth-order valence-corrected chi connectivity index (χ4v) is 2.60. The molecule has 2 heterocycles. The topological polar surface area (TPSA) is 58.2 Å². The van der Waals surface area contributed by atoms with Crippen LogP contribution in [0.15, 0.2) is 24.3 Å². The van der Waals surface area contributed by atoms with Gasteiger partial charge in [-0.25, -0.2) is 9.78 Å². The van der Waals surface area contributed by atoms with Gasteiger partial charge in [-0.3, -0.25) is 0 Å². The SMILES string of the molecule is CC(C)OC(=O)N1CCc2nc(-c3ccc(Cl)cc3)[nH]c2C1. The molecular formula is C16H18ClN3O2. The molecule has 0 unspecified atom stereocenters. The number of fused-ring (bicyclic) bond motifs is 1. The van der Waals surface area contributed by atoms with Gasteiger partial charge < -0.3 is 14.6 Å². The molecule has 2 aromatic rings. The van der Waals surface area contributed by atoms with E-state index in [-0.39, 0.29) is 12.2 Å². The first-order valence-electron chi connectivity index (χ1n) is 7.32. The average molecular weight is 320 g/mol. The highest BCUT2D eigenvalue weighted by Crippen LogP contribution is 2.24. The van der Waals surface area contributed by atoms with E-state index in [1.54, 1.807) is 4.90 Å². The summed E-state index contributed by atoms with van der Waals surface area (Å²) in [6.45, 7) is 4.83. The van der Waals surface area contributed by atoms with E-state index in [1.165, 1.54) is 0 Å². The summed E-state index contributed by atoms with van der Waals surface area (Å²) in [5.41, 5.74) is 2.96. The minimum absolute atomic E-state index is 0.111. The zero-order valence-electron chi connectivity index (χ0n) is 12.6. The molecule has 1 N–H and O–H groups in total. The zero-order valence-corrected chi connectivity index (χ0v) is 13.4. The highest BCUT2D eigenvalue weighted by Gasteiger charge is 2.25. The van der Waals surface area contributed by atoms with Crippen LogP contribution in [-0.2, 0) is 17.7 Å². The van der Waals surface area contributed by atoms with Gasteiger partial charge >= 0.3 is 6.09 Å². The first-order valence-corrected chi connectivity index (χ1v) is 7.70. The largest absolute Gasteiger partial charge is 0.447 e. The van der Waals surface area contributed by atoms with Gasteiger partial charge in [0.25, 0.3) is 0 Å². The van der Waals surface area contributed by atoms with Crippen molar-refractivity contribution in [2.24, 2.45) is 0 Å². The first kappa shape index (κ1) is 14.9. The molecule has 22 heavy (non-hydrogen) atoms. The number of carbonyl (C=O) groups is 1. The van der Waals surface area contributed by atoms with Crippen molar-refractivity contribution in [2.75, 3.05) is 6.54 Å². The minimum Gasteiger partial charge on any atom is -0.447 e. The van der Waals surface area contributed by atoms with Crippen LogP contribution < -0.4 is 0 Å². The van der Waals surface area contributed by atoms with Crippen molar-refractivity contribution >= 4 is 17.7 Å². The summed E-state index contributed by atoms with van der Waals surface area (Å²) >= 11 is 5.91. The lowest BCUT2D eigenvalue weighted by atomic mass is 10.1. The Morgan fingerprint density at radius 3 is 2.77 bits per heavy atom. The second-order valence-electron chi connectivity index (χ2n) is 5.62. The lowest BCUT2D eigenvalue weighted by molar-refractivity contribution is 0.0725. The molecule has 0 bridgehead atoms. The van der Waals surface area contributed by atoms with E-state index in [0.29, 0.717) is 18.1 Å². The van der Waals surface area contributed by atoms with Gasteiger partial charge in [-0.15, -0.1) is 0 Å². The average Bonchev–Trinajstić information content (AvgIpc) is 2.90. The van der Waals surface area contributed by atoms with Crippen molar-refractivity contribution in [3.05, 3.63) is 40.7 Å². The molecule has 116 valence electrons. The number of hydrogen-bond acceptors (Lipinski definition) is 3. The maximum absolute atomic E-state index is 12.0. The summed E-state index contributed by atoms with van der Waals surface area (Å²) < 4.78 is 5.25. The van der Waals surface area contributed by atoms with Crippen molar-refractivity contribution in [2.45, 2.75) is 32.9 Å². The van der Waals surface area contributed by atoms with Crippen LogP contribution >= 0.6 is 11.6 Å². The summed E-state index contributed by atoms with van der Waals surface area (Å²) in [5.74, 6) is 0.806. The molecule has 1 aromatic heterocycles. The molecule has 3 rings (SSSR count). The molecule has 1 aliphatic rings. The molecule has 0 saturated heterocycles. The van der Waals surface area contributed by atoms with Gasteiger partial charge in [0.1, 0.15) is 5.82 Å². The van der Waals surface area contributed by atoms with Crippen LogP contribution in [0.4, 0.5) is 4.79 Å². The number of H-pyrrole nitrogens is 1. The highest BCUT2D eigenvalue weighted by atomic mass is 35.5. The van der Waals surface area contributed by atoms with Crippen molar-refractivity contribution in [3.63, 3.8) is 0 Å². The number of nitrogens with zero attached hydrogens (tertiary/aromatic N) is 2. The molecule has 0 fully saturated rings. The number of aromatic amines is 1. The molecule has 1 aromatic carbocycles. The number of carbonyl (C=O) groups excluding carboxylic acids is 1. The third-order valence-corrected chi connectivity index (χ3v) is 3.80. The Balaban J connectivity index is 1.78. The van der Waals surface area contributed by atoms with Crippen molar-refractivity contribution in [1.82, 2.24) is 14.9 Å². The van der Waals surface area contributed by atoms with E-state index < -0.39 is 0 Å². The van der Waals surface area contributed by atoms with Crippen LogP contribution in [0.5, 0.6) is 0 Å². The zero-order chi connectivity index (χ0) is 15.7. The third-order valence-electron chi connectivity index (χ3n) is 3.54. The smallest absolute Gasteiger partial charge is 0.410 e. The first-order chi connectivity index (χ1) is 10.5. The minimum atomic E-state index is -0.275. The quantitative estimate of drug-likeness (QED) is 0.919. The van der Waals surface area contributed by atoms with Crippen LogP contribution in [0.1, 0.15) is 25.2 Å². The summed E-state index contributed by atoms with van der Waals surface area (Å²) in [7, 11) is 0. The van der Waals surface area contributed by atoms with Crippen molar-refractivity contribution in [3.8, 4) is 11.4 Å². The van der Waals surface area contributed by atoms with Gasteiger partial charge in [-0.05, 0) is 38.1 Å². The maximum atomic E-state index is 12.0. The van der Waals surface area contributed by atoms with Gasteiger partial charge in [-0.2, -0.15) is 0 Å². The Kier molecular flexibility index (Phi) is 4.07. The molecule has 0 atom stereocenters.